The lowest BCUT2D eigenvalue weighted by molar-refractivity contribution is -0.402. The van der Waals surface area contributed by atoms with Crippen LogP contribution < -0.4 is 5.43 Å². The van der Waals surface area contributed by atoms with Gasteiger partial charge in [-0.05, 0) is 37.3 Å². The first-order valence-electron chi connectivity index (χ1n) is 7.61. The Morgan fingerprint density at radius 1 is 1.35 bits per heavy atom. The number of hydrogen-bond acceptors (Lipinski definition) is 7. The van der Waals surface area contributed by atoms with Crippen LogP contribution in [-0.2, 0) is 4.74 Å². The molecule has 0 radical (unpaired) electrons. The Morgan fingerprint density at radius 2 is 2.15 bits per heavy atom. The van der Waals surface area contributed by atoms with Gasteiger partial charge in [0.25, 0.3) is 0 Å². The van der Waals surface area contributed by atoms with Gasteiger partial charge >= 0.3 is 11.9 Å². The fourth-order valence-corrected chi connectivity index (χ4v) is 2.27. The Kier molecular flexibility index (Phi) is 4.61. The van der Waals surface area contributed by atoms with Crippen molar-refractivity contribution in [2.45, 2.75) is 6.92 Å². The van der Waals surface area contributed by atoms with Crippen LogP contribution in [0.25, 0.3) is 23.2 Å². The molecule has 132 valence electrons. The first-order chi connectivity index (χ1) is 12.5. The van der Waals surface area contributed by atoms with Crippen molar-refractivity contribution in [3.63, 3.8) is 0 Å². The van der Waals surface area contributed by atoms with Gasteiger partial charge < -0.3 is 14.1 Å². The number of fused-ring (bicyclic) bond motifs is 1. The molecule has 0 saturated heterocycles. The summed E-state index contributed by atoms with van der Waals surface area (Å²) < 4.78 is 9.85. The number of rotatable bonds is 5. The summed E-state index contributed by atoms with van der Waals surface area (Å²) in [4.78, 5) is 41.1. The summed E-state index contributed by atoms with van der Waals surface area (Å²) in [7, 11) is 0. The zero-order valence-electron chi connectivity index (χ0n) is 13.6. The van der Waals surface area contributed by atoms with E-state index in [-0.39, 0.29) is 23.4 Å². The quantitative estimate of drug-likeness (QED) is 0.423. The monoisotopic (exact) mass is 355 g/mol. The van der Waals surface area contributed by atoms with E-state index >= 15 is 0 Å². The summed E-state index contributed by atoms with van der Waals surface area (Å²) >= 11 is 0. The van der Waals surface area contributed by atoms with Gasteiger partial charge in [-0.3, -0.25) is 14.9 Å². The maximum Gasteiger partial charge on any atom is 0.433 e. The molecule has 0 fully saturated rings. The van der Waals surface area contributed by atoms with Gasteiger partial charge in [-0.2, -0.15) is 0 Å². The van der Waals surface area contributed by atoms with Gasteiger partial charge in [-0.1, -0.05) is 0 Å². The van der Waals surface area contributed by atoms with Crippen LogP contribution in [-0.4, -0.2) is 27.5 Å². The molecule has 1 N–H and O–H groups in total. The lowest BCUT2D eigenvalue weighted by atomic mass is 10.2. The largest absolute Gasteiger partial charge is 0.462 e. The number of nitro groups is 1. The highest BCUT2D eigenvalue weighted by molar-refractivity contribution is 5.93. The predicted octanol–water partition coefficient (Wildman–Crippen LogP) is 2.77. The Labute approximate surface area is 146 Å². The second kappa shape index (κ2) is 7.01. The van der Waals surface area contributed by atoms with E-state index in [0.29, 0.717) is 17.1 Å². The zero-order chi connectivity index (χ0) is 18.7. The Bertz CT molecular complexity index is 1080. The predicted molar refractivity (Wildman–Crippen MR) is 92.6 cm³/mol. The second-order valence-corrected chi connectivity index (χ2v) is 5.15. The number of aromatic nitrogens is 2. The lowest BCUT2D eigenvalue weighted by Crippen LogP contribution is -2.18. The molecule has 0 saturated carbocycles. The molecule has 0 aromatic carbocycles. The molecular weight excluding hydrogens is 342 g/mol. The molecule has 0 aliphatic heterocycles. The number of esters is 1. The van der Waals surface area contributed by atoms with Crippen LogP contribution in [0.2, 0.25) is 0 Å². The highest BCUT2D eigenvalue weighted by atomic mass is 16.6. The summed E-state index contributed by atoms with van der Waals surface area (Å²) in [6.07, 6.45) is 4.37. The van der Waals surface area contributed by atoms with Crippen molar-refractivity contribution in [3.8, 4) is 0 Å². The van der Waals surface area contributed by atoms with Gasteiger partial charge in [0.15, 0.2) is 0 Å². The lowest BCUT2D eigenvalue weighted by Gasteiger charge is -2.03. The van der Waals surface area contributed by atoms with Crippen molar-refractivity contribution in [1.29, 1.82) is 0 Å². The summed E-state index contributed by atoms with van der Waals surface area (Å²) in [5.74, 6) is -0.754. The third kappa shape index (κ3) is 3.36. The Morgan fingerprint density at radius 3 is 2.85 bits per heavy atom. The molecule has 0 atom stereocenters. The number of aromatic amines is 1. The minimum absolute atomic E-state index is 0.0904. The van der Waals surface area contributed by atoms with E-state index < -0.39 is 16.3 Å². The molecule has 3 heterocycles. The van der Waals surface area contributed by atoms with E-state index in [4.69, 9.17) is 9.15 Å². The molecule has 3 rings (SSSR count). The molecule has 0 aliphatic carbocycles. The topological polar surface area (TPSA) is 128 Å². The molecule has 0 amide bonds. The maximum atomic E-state index is 12.3. The normalized spacial score (nSPS) is 11.1. The van der Waals surface area contributed by atoms with Gasteiger partial charge in [0.05, 0.1) is 23.8 Å². The molecule has 3 aromatic heterocycles. The third-order valence-electron chi connectivity index (χ3n) is 3.47. The molecule has 0 unspecified atom stereocenters. The SMILES string of the molecule is CCOC(=O)c1c[nH]c2nc(C=Cc3ccc([N+](=O)[O-])o3)ccc2c1=O. The number of hydrogen-bond donors (Lipinski definition) is 1. The van der Waals surface area contributed by atoms with Gasteiger partial charge in [0.2, 0.25) is 5.43 Å². The average molecular weight is 355 g/mol. The van der Waals surface area contributed by atoms with Crippen molar-refractivity contribution >= 4 is 35.0 Å². The third-order valence-corrected chi connectivity index (χ3v) is 3.47. The molecule has 0 bridgehead atoms. The maximum absolute atomic E-state index is 12.3. The van der Waals surface area contributed by atoms with Crippen LogP contribution in [0, 0.1) is 10.1 Å². The van der Waals surface area contributed by atoms with Gasteiger partial charge in [-0.15, -0.1) is 0 Å². The van der Waals surface area contributed by atoms with Crippen LogP contribution >= 0.6 is 0 Å². The van der Waals surface area contributed by atoms with Crippen LogP contribution in [0.4, 0.5) is 5.88 Å². The van der Waals surface area contributed by atoms with Crippen LogP contribution in [0.1, 0.15) is 28.7 Å². The fourth-order valence-electron chi connectivity index (χ4n) is 2.27. The van der Waals surface area contributed by atoms with E-state index in [9.17, 15) is 19.7 Å². The minimum Gasteiger partial charge on any atom is -0.462 e. The van der Waals surface area contributed by atoms with Gasteiger partial charge in [0, 0.05) is 6.20 Å². The standard InChI is InChI=1S/C17H13N3O6/c1-2-25-17(22)13-9-18-16-12(15(13)21)7-4-10(19-16)3-5-11-6-8-14(26-11)20(23)24/h3-9H,2H2,1H3,(H,18,19,21). The molecular formula is C17H13N3O6. The highest BCUT2D eigenvalue weighted by Gasteiger charge is 2.14. The molecule has 9 nitrogen and oxygen atoms in total. The van der Waals surface area contributed by atoms with Gasteiger partial charge in [-0.25, -0.2) is 9.78 Å². The van der Waals surface area contributed by atoms with Crippen molar-refractivity contribution < 1.29 is 18.9 Å². The number of carbonyl (C=O) groups excluding carboxylic acids is 1. The summed E-state index contributed by atoms with van der Waals surface area (Å²) in [5, 5.41) is 10.8. The van der Waals surface area contributed by atoms with E-state index in [1.165, 1.54) is 30.5 Å². The highest BCUT2D eigenvalue weighted by Crippen LogP contribution is 2.18. The Balaban J connectivity index is 1.90. The molecule has 3 aromatic rings. The van der Waals surface area contributed by atoms with E-state index in [0.717, 1.165) is 0 Å². The number of nitrogens with one attached hydrogen (secondary N) is 1. The number of nitrogens with zero attached hydrogens (tertiary/aromatic N) is 2. The summed E-state index contributed by atoms with van der Waals surface area (Å²) in [5.41, 5.74) is 0.237. The van der Waals surface area contributed by atoms with Crippen LogP contribution in [0.5, 0.6) is 0 Å². The number of furan rings is 1. The summed E-state index contributed by atoms with van der Waals surface area (Å²) in [6, 6.07) is 5.83. The first kappa shape index (κ1) is 17.1. The zero-order valence-corrected chi connectivity index (χ0v) is 13.6. The van der Waals surface area contributed by atoms with Crippen LogP contribution in [0.3, 0.4) is 0 Å². The molecule has 26 heavy (non-hydrogen) atoms. The van der Waals surface area contributed by atoms with Gasteiger partial charge in [0.1, 0.15) is 21.9 Å². The number of pyridine rings is 2. The van der Waals surface area contributed by atoms with E-state index in [1.807, 2.05) is 0 Å². The Hall–Kier alpha value is -3.75. The number of H-pyrrole nitrogens is 1. The van der Waals surface area contributed by atoms with E-state index in [1.54, 1.807) is 19.1 Å². The van der Waals surface area contributed by atoms with E-state index in [2.05, 4.69) is 9.97 Å². The molecule has 0 aliphatic rings. The van der Waals surface area contributed by atoms with Crippen LogP contribution in [0.15, 0.2) is 39.7 Å². The average Bonchev–Trinajstić information content (AvgIpc) is 3.09. The minimum atomic E-state index is -0.695. The molecule has 0 spiro atoms. The first-order valence-corrected chi connectivity index (χ1v) is 7.61. The van der Waals surface area contributed by atoms with Crippen molar-refractivity contribution in [3.05, 3.63) is 67.8 Å². The van der Waals surface area contributed by atoms with Crippen molar-refractivity contribution in [2.75, 3.05) is 6.61 Å². The fraction of sp³-hybridized carbons (Fsp3) is 0.118. The number of ether oxygens (including phenoxy) is 1. The van der Waals surface area contributed by atoms with Crippen molar-refractivity contribution in [2.24, 2.45) is 0 Å². The van der Waals surface area contributed by atoms with Crippen molar-refractivity contribution in [1.82, 2.24) is 9.97 Å². The number of carbonyl (C=O) groups is 1. The second-order valence-electron chi connectivity index (χ2n) is 5.15. The summed E-state index contributed by atoms with van der Waals surface area (Å²) in [6.45, 7) is 1.82. The molecule has 9 heteroatoms. The smallest absolute Gasteiger partial charge is 0.433 e.